The molecule has 3 rings (SSSR count). The van der Waals surface area contributed by atoms with Crippen LogP contribution < -0.4 is 11.1 Å². The predicted octanol–water partition coefficient (Wildman–Crippen LogP) is 2.19. The van der Waals surface area contributed by atoms with Gasteiger partial charge in [0, 0.05) is 6.07 Å². The highest BCUT2D eigenvalue weighted by Gasteiger charge is 2.17. The first-order valence-electron chi connectivity index (χ1n) is 8.34. The van der Waals surface area contributed by atoms with Crippen molar-refractivity contribution in [3.8, 4) is 6.07 Å². The fourth-order valence-electron chi connectivity index (χ4n) is 2.62. The number of carbonyl (C=O) groups is 1. The second kappa shape index (κ2) is 8.10. The van der Waals surface area contributed by atoms with Gasteiger partial charge in [0.1, 0.15) is 6.07 Å². The molecule has 0 radical (unpaired) electrons. The Morgan fingerprint density at radius 2 is 2.07 bits per heavy atom. The summed E-state index contributed by atoms with van der Waals surface area (Å²) < 4.78 is 5.33. The van der Waals surface area contributed by atoms with Crippen LogP contribution in [0.5, 0.6) is 0 Å². The fraction of sp³-hybridized carbons (Fsp3) is 0.211. The van der Waals surface area contributed by atoms with E-state index in [1.807, 2.05) is 6.07 Å². The van der Waals surface area contributed by atoms with Gasteiger partial charge in [0.2, 0.25) is 5.56 Å². The number of aromatic nitrogens is 3. The molecule has 142 valence electrons. The van der Waals surface area contributed by atoms with Crippen molar-refractivity contribution >= 4 is 28.6 Å². The maximum Gasteiger partial charge on any atom is 0.317 e. The van der Waals surface area contributed by atoms with E-state index in [0.717, 1.165) is 11.8 Å². The number of nitrogens with zero attached hydrogens (tertiary/aromatic N) is 2. The molecule has 0 saturated carbocycles. The Kier molecular flexibility index (Phi) is 5.61. The first kappa shape index (κ1) is 19.4. The zero-order chi connectivity index (χ0) is 20.3. The van der Waals surface area contributed by atoms with Gasteiger partial charge in [-0.3, -0.25) is 14.4 Å². The molecule has 1 aromatic carbocycles. The largest absolute Gasteiger partial charge is 0.454 e. The molecule has 8 nitrogen and oxygen atoms in total. The zero-order valence-electron chi connectivity index (χ0n) is 15.1. The van der Waals surface area contributed by atoms with Crippen molar-refractivity contribution in [2.75, 3.05) is 5.75 Å². The quantitative estimate of drug-likeness (QED) is 0.499. The number of H-pyrrole nitrogens is 2. The summed E-state index contributed by atoms with van der Waals surface area (Å²) in [6.07, 6.45) is -0.766. The summed E-state index contributed by atoms with van der Waals surface area (Å²) in [7, 11) is 0. The molecule has 0 bridgehead atoms. The van der Waals surface area contributed by atoms with Crippen molar-refractivity contribution in [3.63, 3.8) is 0 Å². The normalized spacial score (nSPS) is 11.8. The first-order chi connectivity index (χ1) is 13.4. The number of hydrogen-bond acceptors (Lipinski definition) is 7. The number of aryl methyl sites for hydroxylation is 1. The second-order valence-electron chi connectivity index (χ2n) is 6.02. The number of esters is 1. The third-order valence-electron chi connectivity index (χ3n) is 3.98. The lowest BCUT2D eigenvalue weighted by atomic mass is 10.2. The number of fused-ring (bicyclic) bond motifs is 1. The van der Waals surface area contributed by atoms with Crippen LogP contribution in [0.3, 0.4) is 0 Å². The number of hydrogen-bond donors (Lipinski definition) is 2. The number of thioether (sulfide) groups is 1. The van der Waals surface area contributed by atoms with Gasteiger partial charge in [-0.1, -0.05) is 23.9 Å². The molecule has 28 heavy (non-hydrogen) atoms. The van der Waals surface area contributed by atoms with Crippen molar-refractivity contribution in [1.29, 1.82) is 5.26 Å². The van der Waals surface area contributed by atoms with Crippen LogP contribution in [-0.2, 0) is 9.53 Å². The van der Waals surface area contributed by atoms with Crippen LogP contribution >= 0.6 is 11.8 Å². The Labute approximate surface area is 163 Å². The topological polar surface area (TPSA) is 129 Å². The number of pyridine rings is 1. The van der Waals surface area contributed by atoms with Crippen LogP contribution in [0.4, 0.5) is 0 Å². The van der Waals surface area contributed by atoms with Gasteiger partial charge < -0.3 is 14.7 Å². The van der Waals surface area contributed by atoms with E-state index in [2.05, 4.69) is 15.0 Å². The van der Waals surface area contributed by atoms with E-state index in [1.165, 1.54) is 6.07 Å². The molecule has 0 aliphatic rings. The minimum absolute atomic E-state index is 0.115. The molecule has 0 saturated heterocycles. The van der Waals surface area contributed by atoms with Gasteiger partial charge in [-0.15, -0.1) is 0 Å². The van der Waals surface area contributed by atoms with Gasteiger partial charge in [0.25, 0.3) is 5.56 Å². The van der Waals surface area contributed by atoms with E-state index >= 15 is 0 Å². The minimum atomic E-state index is -0.766. The monoisotopic (exact) mass is 396 g/mol. The molecule has 0 spiro atoms. The summed E-state index contributed by atoms with van der Waals surface area (Å²) in [6, 6.07) is 10.2. The number of carbonyl (C=O) groups excluding carboxylic acids is 1. The van der Waals surface area contributed by atoms with Crippen LogP contribution in [0, 0.1) is 18.3 Å². The molecule has 0 unspecified atom stereocenters. The van der Waals surface area contributed by atoms with E-state index in [4.69, 9.17) is 4.74 Å². The average molecular weight is 396 g/mol. The van der Waals surface area contributed by atoms with Gasteiger partial charge in [-0.2, -0.15) is 5.26 Å². The SMILES string of the molecule is Cc1cc(=O)[nH]c(SCC(=O)O[C@H](C)c2nc3ccccc3c(=O)[nH]2)c1C#N. The van der Waals surface area contributed by atoms with E-state index in [1.54, 1.807) is 38.1 Å². The Hall–Kier alpha value is -3.38. The second-order valence-corrected chi connectivity index (χ2v) is 7.01. The van der Waals surface area contributed by atoms with Gasteiger partial charge in [-0.25, -0.2) is 4.98 Å². The Morgan fingerprint density at radius 1 is 1.32 bits per heavy atom. The van der Waals surface area contributed by atoms with Gasteiger partial charge >= 0.3 is 5.97 Å². The Bertz CT molecular complexity index is 1210. The Balaban J connectivity index is 1.71. The first-order valence-corrected chi connectivity index (χ1v) is 9.33. The highest BCUT2D eigenvalue weighted by Crippen LogP contribution is 2.22. The summed E-state index contributed by atoms with van der Waals surface area (Å²) in [5.74, 6) is -0.445. The molecule has 2 aromatic heterocycles. The number of nitriles is 1. The molecule has 2 N–H and O–H groups in total. The minimum Gasteiger partial charge on any atom is -0.454 e. The summed E-state index contributed by atoms with van der Waals surface area (Å²) in [6.45, 7) is 3.25. The van der Waals surface area contributed by atoms with Gasteiger partial charge in [0.15, 0.2) is 11.9 Å². The lowest BCUT2D eigenvalue weighted by Crippen LogP contribution is -2.18. The van der Waals surface area contributed by atoms with Crippen molar-refractivity contribution in [3.05, 3.63) is 68.0 Å². The summed E-state index contributed by atoms with van der Waals surface area (Å²) in [5.41, 5.74) is 0.696. The molecule has 0 aliphatic heterocycles. The summed E-state index contributed by atoms with van der Waals surface area (Å²) >= 11 is 1.01. The molecular formula is C19H16N4O4S. The smallest absolute Gasteiger partial charge is 0.317 e. The van der Waals surface area contributed by atoms with Gasteiger partial charge in [0.05, 0.1) is 27.2 Å². The van der Waals surface area contributed by atoms with E-state index in [9.17, 15) is 19.6 Å². The van der Waals surface area contributed by atoms with E-state index in [-0.39, 0.29) is 22.7 Å². The number of nitrogens with one attached hydrogen (secondary N) is 2. The highest BCUT2D eigenvalue weighted by atomic mass is 32.2. The lowest BCUT2D eigenvalue weighted by molar-refractivity contribution is -0.145. The van der Waals surface area contributed by atoms with Gasteiger partial charge in [-0.05, 0) is 31.5 Å². The molecule has 0 aliphatic carbocycles. The molecule has 0 amide bonds. The van der Waals surface area contributed by atoms with E-state index in [0.29, 0.717) is 27.1 Å². The summed E-state index contributed by atoms with van der Waals surface area (Å²) in [4.78, 5) is 45.4. The summed E-state index contributed by atoms with van der Waals surface area (Å²) in [5, 5.41) is 9.98. The molecule has 0 fully saturated rings. The molecule has 3 aromatic rings. The zero-order valence-corrected chi connectivity index (χ0v) is 15.9. The van der Waals surface area contributed by atoms with Crippen molar-refractivity contribution in [1.82, 2.24) is 15.0 Å². The standard InChI is InChI=1S/C19H16N4O4S/c1-10-7-15(24)22-19(13(10)8-20)28-9-16(25)27-11(2)17-21-14-6-4-3-5-12(14)18(26)23-17/h3-7,11H,9H2,1-2H3,(H,22,24)(H,21,23,26)/t11-/m1/s1. The van der Waals surface area contributed by atoms with Crippen LogP contribution in [0.1, 0.15) is 30.0 Å². The third-order valence-corrected chi connectivity index (χ3v) is 4.95. The average Bonchev–Trinajstić information content (AvgIpc) is 2.66. The number of benzene rings is 1. The predicted molar refractivity (Wildman–Crippen MR) is 104 cm³/mol. The van der Waals surface area contributed by atoms with Crippen LogP contribution in [-0.4, -0.2) is 26.7 Å². The highest BCUT2D eigenvalue weighted by molar-refractivity contribution is 7.99. The molecule has 2 heterocycles. The van der Waals surface area contributed by atoms with Crippen LogP contribution in [0.15, 0.2) is 44.9 Å². The molecular weight excluding hydrogens is 380 g/mol. The van der Waals surface area contributed by atoms with Crippen molar-refractivity contribution in [2.45, 2.75) is 25.0 Å². The number of aromatic amines is 2. The molecule has 1 atom stereocenters. The van der Waals surface area contributed by atoms with E-state index < -0.39 is 12.1 Å². The fourth-order valence-corrected chi connectivity index (χ4v) is 3.47. The number of rotatable bonds is 5. The number of para-hydroxylation sites is 1. The van der Waals surface area contributed by atoms with Crippen molar-refractivity contribution in [2.24, 2.45) is 0 Å². The lowest BCUT2D eigenvalue weighted by Gasteiger charge is -2.13. The maximum atomic E-state index is 12.2. The number of ether oxygens (including phenoxy) is 1. The van der Waals surface area contributed by atoms with Crippen molar-refractivity contribution < 1.29 is 9.53 Å². The molecule has 9 heteroatoms. The Morgan fingerprint density at radius 3 is 2.82 bits per heavy atom. The maximum absolute atomic E-state index is 12.2. The van der Waals surface area contributed by atoms with Crippen LogP contribution in [0.2, 0.25) is 0 Å². The third kappa shape index (κ3) is 4.13. The van der Waals surface area contributed by atoms with Crippen LogP contribution in [0.25, 0.3) is 10.9 Å².